The summed E-state index contributed by atoms with van der Waals surface area (Å²) in [5, 5.41) is 0. The molecule has 0 spiro atoms. The largest absolute Gasteiger partial charge is 0.468 e. The van der Waals surface area contributed by atoms with Crippen LogP contribution in [0.4, 0.5) is 0 Å². The van der Waals surface area contributed by atoms with Gasteiger partial charge in [-0.05, 0) is 12.5 Å². The molecule has 0 amide bonds. The second-order valence-corrected chi connectivity index (χ2v) is 5.36. The Balaban J connectivity index is 2.55. The molecule has 1 aliphatic rings. The van der Waals surface area contributed by atoms with Crippen LogP contribution in [0.2, 0.25) is 0 Å². The number of methoxy groups -OCH3 is 2. The highest BCUT2D eigenvalue weighted by Crippen LogP contribution is 2.50. The van der Waals surface area contributed by atoms with E-state index in [0.29, 0.717) is 0 Å². The summed E-state index contributed by atoms with van der Waals surface area (Å²) in [6.45, 7) is 5.65. The molecule has 0 aliphatic carbocycles. The van der Waals surface area contributed by atoms with Crippen molar-refractivity contribution in [2.24, 2.45) is 5.41 Å². The summed E-state index contributed by atoms with van der Waals surface area (Å²) in [5.41, 5.74) is 0.284. The van der Waals surface area contributed by atoms with Gasteiger partial charge in [0.05, 0.1) is 20.3 Å². The van der Waals surface area contributed by atoms with E-state index in [-0.39, 0.29) is 6.42 Å². The summed E-state index contributed by atoms with van der Waals surface area (Å²) in [5.74, 6) is -1.32. The van der Waals surface area contributed by atoms with Crippen LogP contribution < -0.4 is 0 Å². The monoisotopic (exact) mass is 304 g/mol. The lowest BCUT2D eigenvalue weighted by molar-refractivity contribution is -0.173. The Kier molecular flexibility index (Phi) is 4.66. The number of carbonyl (C=O) groups is 2. The molecular weight excluding hydrogens is 284 g/mol. The summed E-state index contributed by atoms with van der Waals surface area (Å²) >= 11 is 0. The second-order valence-electron chi connectivity index (χ2n) is 5.36. The van der Waals surface area contributed by atoms with Gasteiger partial charge in [0, 0.05) is 6.42 Å². The Morgan fingerprint density at radius 3 is 2.23 bits per heavy atom. The van der Waals surface area contributed by atoms with Gasteiger partial charge in [0.25, 0.3) is 0 Å². The van der Waals surface area contributed by atoms with E-state index in [9.17, 15) is 9.59 Å². The van der Waals surface area contributed by atoms with Crippen molar-refractivity contribution in [3.63, 3.8) is 0 Å². The van der Waals surface area contributed by atoms with Crippen LogP contribution in [0, 0.1) is 12.3 Å². The first-order valence-electron chi connectivity index (χ1n) is 7.01. The van der Waals surface area contributed by atoms with Gasteiger partial charge in [-0.25, -0.2) is 0 Å². The van der Waals surface area contributed by atoms with Gasteiger partial charge < -0.3 is 14.2 Å². The quantitative estimate of drug-likeness (QED) is 0.485. The first-order valence-corrected chi connectivity index (χ1v) is 7.01. The molecule has 5 heteroatoms. The fourth-order valence-electron chi connectivity index (χ4n) is 2.83. The van der Waals surface area contributed by atoms with E-state index < -0.39 is 29.6 Å². The van der Waals surface area contributed by atoms with Crippen molar-refractivity contribution in [3.8, 4) is 0 Å². The fourth-order valence-corrected chi connectivity index (χ4v) is 2.83. The number of aryl methyl sites for hydroxylation is 1. The Hall–Kier alpha value is -2.14. The van der Waals surface area contributed by atoms with Crippen LogP contribution >= 0.6 is 0 Å². The molecule has 5 nitrogen and oxygen atoms in total. The van der Waals surface area contributed by atoms with Crippen molar-refractivity contribution in [2.45, 2.75) is 25.6 Å². The normalized spacial score (nSPS) is 22.9. The number of esters is 2. The summed E-state index contributed by atoms with van der Waals surface area (Å²) in [7, 11) is 2.50. The van der Waals surface area contributed by atoms with Crippen molar-refractivity contribution in [2.75, 3.05) is 14.2 Å². The lowest BCUT2D eigenvalue weighted by Crippen LogP contribution is -2.43. The third-order valence-electron chi connectivity index (χ3n) is 4.02. The highest BCUT2D eigenvalue weighted by Gasteiger charge is 2.61. The summed E-state index contributed by atoms with van der Waals surface area (Å²) in [6.07, 6.45) is 0.531. The van der Waals surface area contributed by atoms with E-state index in [1.54, 1.807) is 6.08 Å². The Bertz CT molecular complexity index is 559. The van der Waals surface area contributed by atoms with Crippen LogP contribution in [-0.4, -0.2) is 32.3 Å². The van der Waals surface area contributed by atoms with Gasteiger partial charge in [0.1, 0.15) is 6.10 Å². The molecule has 1 fully saturated rings. The second kappa shape index (κ2) is 6.32. The molecule has 2 atom stereocenters. The molecule has 0 unspecified atom stereocenters. The van der Waals surface area contributed by atoms with Gasteiger partial charge in [0.15, 0.2) is 5.41 Å². The van der Waals surface area contributed by atoms with Crippen LogP contribution in [0.5, 0.6) is 0 Å². The molecule has 0 bridgehead atoms. The lowest BCUT2D eigenvalue weighted by atomic mass is 9.76. The van der Waals surface area contributed by atoms with Crippen molar-refractivity contribution in [1.82, 2.24) is 0 Å². The number of ether oxygens (including phenoxy) is 3. The van der Waals surface area contributed by atoms with Crippen molar-refractivity contribution in [1.29, 1.82) is 0 Å². The van der Waals surface area contributed by atoms with Gasteiger partial charge in [-0.1, -0.05) is 35.9 Å². The van der Waals surface area contributed by atoms with E-state index in [4.69, 9.17) is 14.2 Å². The van der Waals surface area contributed by atoms with E-state index in [2.05, 4.69) is 6.58 Å². The predicted octanol–water partition coefficient (Wildman–Crippen LogP) is 2.34. The van der Waals surface area contributed by atoms with Crippen LogP contribution in [0.25, 0.3) is 0 Å². The van der Waals surface area contributed by atoms with Crippen LogP contribution in [0.3, 0.4) is 0 Å². The zero-order valence-corrected chi connectivity index (χ0v) is 13.0. The highest BCUT2D eigenvalue weighted by molar-refractivity contribution is 6.01. The molecule has 1 aromatic rings. The molecule has 2 rings (SSSR count). The zero-order chi connectivity index (χ0) is 16.3. The van der Waals surface area contributed by atoms with Crippen LogP contribution in [0.15, 0.2) is 36.9 Å². The Morgan fingerprint density at radius 1 is 1.23 bits per heavy atom. The van der Waals surface area contributed by atoms with Crippen molar-refractivity contribution >= 4 is 11.9 Å². The molecule has 1 aromatic carbocycles. The van der Waals surface area contributed by atoms with Crippen LogP contribution in [-0.2, 0) is 23.8 Å². The Labute approximate surface area is 129 Å². The highest BCUT2D eigenvalue weighted by atomic mass is 16.6. The molecule has 1 aliphatic heterocycles. The smallest absolute Gasteiger partial charge is 0.326 e. The molecule has 0 N–H and O–H groups in total. The minimum absolute atomic E-state index is 0.147. The molecule has 118 valence electrons. The fraction of sp³-hybridized carbons (Fsp3) is 0.412. The maximum Gasteiger partial charge on any atom is 0.326 e. The van der Waals surface area contributed by atoms with Crippen molar-refractivity contribution < 1.29 is 23.8 Å². The number of benzene rings is 1. The molecule has 22 heavy (non-hydrogen) atoms. The van der Waals surface area contributed by atoms with Crippen molar-refractivity contribution in [3.05, 3.63) is 48.0 Å². The van der Waals surface area contributed by atoms with E-state index in [0.717, 1.165) is 11.1 Å². The van der Waals surface area contributed by atoms with Gasteiger partial charge in [0.2, 0.25) is 0 Å². The molecule has 1 saturated heterocycles. The molecule has 0 radical (unpaired) electrons. The summed E-state index contributed by atoms with van der Waals surface area (Å²) in [4.78, 5) is 24.8. The molecule has 1 heterocycles. The SMILES string of the molecule is C=C[C@H]1CC(C(=O)OC)(C(=O)OC)[C@@H](c2ccc(C)cc2)O1. The van der Waals surface area contributed by atoms with Gasteiger partial charge in [-0.3, -0.25) is 9.59 Å². The minimum atomic E-state index is -1.52. The lowest BCUT2D eigenvalue weighted by Gasteiger charge is -2.28. The first-order chi connectivity index (χ1) is 10.5. The third-order valence-corrected chi connectivity index (χ3v) is 4.02. The predicted molar refractivity (Wildman–Crippen MR) is 80.1 cm³/mol. The third kappa shape index (κ3) is 2.52. The number of hydrogen-bond acceptors (Lipinski definition) is 5. The van der Waals surface area contributed by atoms with Crippen LogP contribution in [0.1, 0.15) is 23.7 Å². The number of hydrogen-bond donors (Lipinski definition) is 0. The average molecular weight is 304 g/mol. The van der Waals surface area contributed by atoms with E-state index in [1.807, 2.05) is 31.2 Å². The maximum atomic E-state index is 12.4. The first kappa shape index (κ1) is 16.2. The van der Waals surface area contributed by atoms with E-state index >= 15 is 0 Å². The molecule has 0 aromatic heterocycles. The number of carbonyl (C=O) groups excluding carboxylic acids is 2. The maximum absolute atomic E-state index is 12.4. The van der Waals surface area contributed by atoms with Gasteiger partial charge >= 0.3 is 11.9 Å². The number of rotatable bonds is 4. The van der Waals surface area contributed by atoms with E-state index in [1.165, 1.54) is 14.2 Å². The van der Waals surface area contributed by atoms with Gasteiger partial charge in [-0.2, -0.15) is 0 Å². The van der Waals surface area contributed by atoms with Gasteiger partial charge in [-0.15, -0.1) is 6.58 Å². The molecular formula is C17H20O5. The minimum Gasteiger partial charge on any atom is -0.468 e. The summed E-state index contributed by atoms with van der Waals surface area (Å²) in [6, 6.07) is 7.48. The standard InChI is InChI=1S/C17H20O5/c1-5-13-10-17(15(18)20-3,16(19)21-4)14(22-13)12-8-6-11(2)7-9-12/h5-9,13-14H,1,10H2,2-4H3/t13-,14+/m0/s1. The topological polar surface area (TPSA) is 61.8 Å². The Morgan fingerprint density at radius 2 is 1.77 bits per heavy atom. The zero-order valence-electron chi connectivity index (χ0n) is 13.0. The average Bonchev–Trinajstić information content (AvgIpc) is 2.95. The summed E-state index contributed by atoms with van der Waals surface area (Å²) < 4.78 is 15.6. The molecule has 0 saturated carbocycles.